The molecule has 3 atom stereocenters. The first-order valence-electron chi connectivity index (χ1n) is 5.98. The Labute approximate surface area is 110 Å². The highest BCUT2D eigenvalue weighted by atomic mass is 32.2. The number of hydrogen-bond donors (Lipinski definition) is 1. The van der Waals surface area contributed by atoms with Crippen LogP contribution in [-0.2, 0) is 15.6 Å². The summed E-state index contributed by atoms with van der Waals surface area (Å²) in [6.07, 6.45) is 1.67. The third-order valence-corrected chi connectivity index (χ3v) is 4.09. The normalized spacial score (nSPS) is 23.1. The molecule has 0 aromatic heterocycles. The van der Waals surface area contributed by atoms with Gasteiger partial charge in [-0.3, -0.25) is 14.3 Å². The molecule has 1 heterocycles. The van der Waals surface area contributed by atoms with Gasteiger partial charge in [-0.15, -0.1) is 0 Å². The first-order valence-corrected chi connectivity index (χ1v) is 7.71. The van der Waals surface area contributed by atoms with Crippen molar-refractivity contribution in [2.45, 2.75) is 19.0 Å². The van der Waals surface area contributed by atoms with E-state index in [1.807, 2.05) is 37.3 Å². The zero-order valence-corrected chi connectivity index (χ0v) is 11.4. The van der Waals surface area contributed by atoms with E-state index in [1.54, 1.807) is 11.2 Å². The number of carbonyl (C=O) groups is 1. The molecule has 2 rings (SSSR count). The molecule has 1 N–H and O–H groups in total. The fourth-order valence-electron chi connectivity index (χ4n) is 2.23. The predicted octanol–water partition coefficient (Wildman–Crippen LogP) is 0.884. The molecule has 1 amide bonds. The maximum Gasteiger partial charge on any atom is 0.245 e. The summed E-state index contributed by atoms with van der Waals surface area (Å²) in [6.45, 7) is 2.46. The van der Waals surface area contributed by atoms with E-state index >= 15 is 0 Å². The second-order valence-corrected chi connectivity index (χ2v) is 6.08. The van der Waals surface area contributed by atoms with Gasteiger partial charge >= 0.3 is 0 Å². The van der Waals surface area contributed by atoms with Crippen molar-refractivity contribution >= 4 is 16.7 Å². The lowest BCUT2D eigenvalue weighted by atomic mass is 10.1. The van der Waals surface area contributed by atoms with Crippen molar-refractivity contribution in [2.24, 2.45) is 0 Å². The van der Waals surface area contributed by atoms with Crippen LogP contribution in [0.1, 0.15) is 18.5 Å². The molecule has 1 saturated heterocycles. The van der Waals surface area contributed by atoms with Gasteiger partial charge in [0.05, 0.1) is 6.67 Å². The molecule has 0 aliphatic carbocycles. The van der Waals surface area contributed by atoms with E-state index < -0.39 is 10.8 Å². The van der Waals surface area contributed by atoms with Crippen molar-refractivity contribution in [1.29, 1.82) is 0 Å². The van der Waals surface area contributed by atoms with E-state index in [0.717, 1.165) is 5.56 Å². The van der Waals surface area contributed by atoms with Crippen LogP contribution in [0.5, 0.6) is 0 Å². The third-order valence-electron chi connectivity index (χ3n) is 3.14. The number of nitrogens with one attached hydrogen (secondary N) is 1. The fourth-order valence-corrected chi connectivity index (χ4v) is 3.09. The van der Waals surface area contributed by atoms with Gasteiger partial charge < -0.3 is 4.90 Å². The highest BCUT2D eigenvalue weighted by molar-refractivity contribution is 7.84. The summed E-state index contributed by atoms with van der Waals surface area (Å²) in [5, 5.41) is 3.20. The summed E-state index contributed by atoms with van der Waals surface area (Å²) >= 11 is 0. The Morgan fingerprint density at radius 3 is 2.72 bits per heavy atom. The van der Waals surface area contributed by atoms with Crippen molar-refractivity contribution in [3.05, 3.63) is 35.9 Å². The standard InChI is InChI=1S/C13H18N2O2S/c1-10(8-18(2)17)15-9-14-12(13(15)16)11-6-4-3-5-7-11/h3-7,10,12,14H,8-9H2,1-2H3. The van der Waals surface area contributed by atoms with Crippen LogP contribution < -0.4 is 5.32 Å². The minimum atomic E-state index is -0.884. The van der Waals surface area contributed by atoms with E-state index in [1.165, 1.54) is 0 Å². The molecule has 0 saturated carbocycles. The van der Waals surface area contributed by atoms with Gasteiger partial charge in [0.25, 0.3) is 0 Å². The fraction of sp³-hybridized carbons (Fsp3) is 0.462. The molecule has 1 aromatic carbocycles. The van der Waals surface area contributed by atoms with Gasteiger partial charge in [0.1, 0.15) is 6.04 Å². The van der Waals surface area contributed by atoms with Gasteiger partial charge in [-0.1, -0.05) is 30.3 Å². The highest BCUT2D eigenvalue weighted by Crippen LogP contribution is 2.21. The lowest BCUT2D eigenvalue weighted by Gasteiger charge is -2.22. The first-order chi connectivity index (χ1) is 8.59. The smallest absolute Gasteiger partial charge is 0.245 e. The number of rotatable bonds is 4. The molecule has 1 aliphatic heterocycles. The van der Waals surface area contributed by atoms with Crippen LogP contribution in [0.2, 0.25) is 0 Å². The van der Waals surface area contributed by atoms with E-state index in [0.29, 0.717) is 12.4 Å². The van der Waals surface area contributed by atoms with Crippen molar-refractivity contribution in [2.75, 3.05) is 18.7 Å². The Morgan fingerprint density at radius 1 is 1.44 bits per heavy atom. The highest BCUT2D eigenvalue weighted by Gasteiger charge is 2.34. The SMILES string of the molecule is CC(CS(C)=O)N1CNC(c2ccccc2)C1=O. The topological polar surface area (TPSA) is 49.4 Å². The molecule has 1 fully saturated rings. The van der Waals surface area contributed by atoms with Crippen LogP contribution in [0.25, 0.3) is 0 Å². The maximum atomic E-state index is 12.3. The van der Waals surface area contributed by atoms with Gasteiger partial charge in [0.15, 0.2) is 0 Å². The third kappa shape index (κ3) is 2.79. The van der Waals surface area contributed by atoms with E-state index in [-0.39, 0.29) is 18.0 Å². The summed E-state index contributed by atoms with van der Waals surface area (Å²) in [7, 11) is -0.884. The molecule has 5 heteroatoms. The van der Waals surface area contributed by atoms with Crippen LogP contribution in [0, 0.1) is 0 Å². The molecule has 1 aliphatic rings. The molecule has 18 heavy (non-hydrogen) atoms. The molecule has 0 spiro atoms. The van der Waals surface area contributed by atoms with Crippen molar-refractivity contribution in [3.63, 3.8) is 0 Å². The van der Waals surface area contributed by atoms with E-state index in [2.05, 4.69) is 5.32 Å². The van der Waals surface area contributed by atoms with Crippen LogP contribution in [-0.4, -0.2) is 39.7 Å². The summed E-state index contributed by atoms with van der Waals surface area (Å²) < 4.78 is 11.2. The monoisotopic (exact) mass is 266 g/mol. The second kappa shape index (κ2) is 5.63. The van der Waals surface area contributed by atoms with Gasteiger partial charge in [0.2, 0.25) is 5.91 Å². The maximum absolute atomic E-state index is 12.3. The van der Waals surface area contributed by atoms with Gasteiger partial charge in [-0.25, -0.2) is 0 Å². The number of amides is 1. The van der Waals surface area contributed by atoms with E-state index in [4.69, 9.17) is 0 Å². The van der Waals surface area contributed by atoms with Crippen molar-refractivity contribution in [3.8, 4) is 0 Å². The first kappa shape index (κ1) is 13.2. The Balaban J connectivity index is 2.08. The molecule has 0 radical (unpaired) electrons. The zero-order valence-electron chi connectivity index (χ0n) is 10.6. The second-order valence-electron chi connectivity index (χ2n) is 4.60. The van der Waals surface area contributed by atoms with Gasteiger partial charge in [0, 0.05) is 28.9 Å². The predicted molar refractivity (Wildman–Crippen MR) is 72.4 cm³/mol. The van der Waals surface area contributed by atoms with Crippen molar-refractivity contribution < 1.29 is 9.00 Å². The molecular formula is C13H18N2O2S. The lowest BCUT2D eigenvalue weighted by molar-refractivity contribution is -0.130. The quantitative estimate of drug-likeness (QED) is 0.880. The number of hydrogen-bond acceptors (Lipinski definition) is 3. The Kier molecular flexibility index (Phi) is 4.14. The Bertz CT molecular complexity index is 450. The minimum absolute atomic E-state index is 0.00421. The van der Waals surface area contributed by atoms with Crippen LogP contribution >= 0.6 is 0 Å². The molecular weight excluding hydrogens is 248 g/mol. The summed E-state index contributed by atoms with van der Waals surface area (Å²) in [6, 6.07) is 9.42. The van der Waals surface area contributed by atoms with Crippen LogP contribution in [0.3, 0.4) is 0 Å². The molecule has 3 unspecified atom stereocenters. The number of nitrogens with zero attached hydrogens (tertiary/aromatic N) is 1. The number of carbonyl (C=O) groups excluding carboxylic acids is 1. The largest absolute Gasteiger partial charge is 0.325 e. The van der Waals surface area contributed by atoms with Crippen molar-refractivity contribution in [1.82, 2.24) is 10.2 Å². The van der Waals surface area contributed by atoms with Crippen LogP contribution in [0.15, 0.2) is 30.3 Å². The average Bonchev–Trinajstić information content (AvgIpc) is 2.71. The minimum Gasteiger partial charge on any atom is -0.325 e. The Morgan fingerprint density at radius 2 is 2.11 bits per heavy atom. The lowest BCUT2D eigenvalue weighted by Crippen LogP contribution is -2.38. The van der Waals surface area contributed by atoms with Crippen LogP contribution in [0.4, 0.5) is 0 Å². The van der Waals surface area contributed by atoms with Gasteiger partial charge in [-0.2, -0.15) is 0 Å². The molecule has 98 valence electrons. The molecule has 4 nitrogen and oxygen atoms in total. The average molecular weight is 266 g/mol. The summed E-state index contributed by atoms with van der Waals surface area (Å²) in [4.78, 5) is 14.1. The Hall–Kier alpha value is -1.20. The summed E-state index contributed by atoms with van der Waals surface area (Å²) in [5.41, 5.74) is 0.981. The zero-order chi connectivity index (χ0) is 13.1. The number of benzene rings is 1. The molecule has 0 bridgehead atoms. The summed E-state index contributed by atoms with van der Waals surface area (Å²) in [5.74, 6) is 0.591. The molecule has 1 aromatic rings. The van der Waals surface area contributed by atoms with E-state index in [9.17, 15) is 9.00 Å². The van der Waals surface area contributed by atoms with Gasteiger partial charge in [-0.05, 0) is 12.5 Å².